The highest BCUT2D eigenvalue weighted by Crippen LogP contribution is 2.26. The molecule has 1 aromatic heterocycles. The predicted molar refractivity (Wildman–Crippen MR) is 137 cm³/mol. The number of carbonyl (C=O) groups is 1. The van der Waals surface area contributed by atoms with Gasteiger partial charge in [0.1, 0.15) is 0 Å². The summed E-state index contributed by atoms with van der Waals surface area (Å²) in [5.74, 6) is 0.779. The Bertz CT molecular complexity index is 1270. The molecule has 34 heavy (non-hydrogen) atoms. The molecule has 0 spiro atoms. The van der Waals surface area contributed by atoms with Crippen molar-refractivity contribution in [3.8, 4) is 0 Å². The van der Waals surface area contributed by atoms with Crippen molar-refractivity contribution in [3.05, 3.63) is 63.9 Å². The van der Waals surface area contributed by atoms with E-state index in [0.29, 0.717) is 18.9 Å². The number of nitrogens with zero attached hydrogens (tertiary/aromatic N) is 5. The monoisotopic (exact) mass is 459 g/mol. The van der Waals surface area contributed by atoms with Crippen LogP contribution in [0.25, 0.3) is 11.0 Å². The smallest absolute Gasteiger partial charge is 0.293 e. The second-order valence-corrected chi connectivity index (χ2v) is 9.65. The molecule has 2 aliphatic rings. The van der Waals surface area contributed by atoms with Crippen molar-refractivity contribution in [3.63, 3.8) is 0 Å². The molecule has 2 fully saturated rings. The number of rotatable bonds is 3. The second-order valence-electron chi connectivity index (χ2n) is 9.65. The molecule has 2 saturated heterocycles. The van der Waals surface area contributed by atoms with E-state index in [-0.39, 0.29) is 17.4 Å². The van der Waals surface area contributed by atoms with Crippen molar-refractivity contribution in [1.29, 1.82) is 0 Å². The number of aryl methyl sites for hydroxylation is 3. The van der Waals surface area contributed by atoms with Crippen LogP contribution in [-0.2, 0) is 11.8 Å². The molecule has 7 heteroatoms. The summed E-state index contributed by atoms with van der Waals surface area (Å²) in [7, 11) is 1.80. The standard InChI is InChI=1S/C27H33N5O2/c1-19-8-9-20(2)24(18-19)30-14-16-32(17-15-30)26(33)21-10-12-31(13-11-21)25-27(34)29(3)23-7-5-4-6-22(23)28-25/h4-9,18,21H,10-17H2,1-3H3. The molecule has 0 unspecified atom stereocenters. The van der Waals surface area contributed by atoms with Gasteiger partial charge in [0, 0.05) is 57.9 Å². The Morgan fingerprint density at radius 1 is 0.912 bits per heavy atom. The quantitative estimate of drug-likeness (QED) is 0.602. The van der Waals surface area contributed by atoms with Crippen LogP contribution in [0.15, 0.2) is 47.3 Å². The summed E-state index contributed by atoms with van der Waals surface area (Å²) in [6.45, 7) is 8.89. The fourth-order valence-electron chi connectivity index (χ4n) is 5.29. The number of para-hydroxylation sites is 2. The third-order valence-electron chi connectivity index (χ3n) is 7.41. The number of anilines is 2. The van der Waals surface area contributed by atoms with E-state index in [4.69, 9.17) is 0 Å². The van der Waals surface area contributed by atoms with Crippen LogP contribution in [0.5, 0.6) is 0 Å². The molecule has 1 amide bonds. The topological polar surface area (TPSA) is 61.7 Å². The van der Waals surface area contributed by atoms with E-state index in [1.807, 2.05) is 29.2 Å². The second kappa shape index (κ2) is 9.12. The number of piperidine rings is 1. The number of aromatic nitrogens is 2. The number of benzene rings is 2. The first kappa shape index (κ1) is 22.4. The van der Waals surface area contributed by atoms with E-state index in [0.717, 1.165) is 50.1 Å². The van der Waals surface area contributed by atoms with Gasteiger partial charge in [-0.3, -0.25) is 9.59 Å². The average Bonchev–Trinajstić information content (AvgIpc) is 2.87. The van der Waals surface area contributed by atoms with Crippen molar-refractivity contribution < 1.29 is 4.79 Å². The Kier molecular flexibility index (Phi) is 6.02. The molecule has 3 heterocycles. The fourth-order valence-corrected chi connectivity index (χ4v) is 5.29. The zero-order valence-electron chi connectivity index (χ0n) is 20.3. The molecule has 2 aliphatic heterocycles. The highest BCUT2D eigenvalue weighted by molar-refractivity contribution is 5.80. The lowest BCUT2D eigenvalue weighted by Crippen LogP contribution is -2.52. The third kappa shape index (κ3) is 4.15. The Hall–Kier alpha value is -3.35. The minimum atomic E-state index is -0.0777. The minimum absolute atomic E-state index is 0.0211. The summed E-state index contributed by atoms with van der Waals surface area (Å²) in [4.78, 5) is 37.3. The summed E-state index contributed by atoms with van der Waals surface area (Å²) in [5, 5.41) is 0. The minimum Gasteiger partial charge on any atom is -0.368 e. The van der Waals surface area contributed by atoms with Gasteiger partial charge in [0.25, 0.3) is 5.56 Å². The zero-order chi connectivity index (χ0) is 23.8. The zero-order valence-corrected chi connectivity index (χ0v) is 20.3. The van der Waals surface area contributed by atoms with Crippen molar-refractivity contribution in [2.45, 2.75) is 26.7 Å². The van der Waals surface area contributed by atoms with Gasteiger partial charge in [-0.25, -0.2) is 4.98 Å². The first-order valence-corrected chi connectivity index (χ1v) is 12.2. The Balaban J connectivity index is 1.21. The van der Waals surface area contributed by atoms with Crippen LogP contribution in [0.1, 0.15) is 24.0 Å². The van der Waals surface area contributed by atoms with Crippen molar-refractivity contribution in [1.82, 2.24) is 14.5 Å². The molecule has 0 N–H and O–H groups in total. The van der Waals surface area contributed by atoms with E-state index in [2.05, 4.69) is 46.8 Å². The Morgan fingerprint density at radius 3 is 2.35 bits per heavy atom. The van der Waals surface area contributed by atoms with E-state index in [1.54, 1.807) is 11.6 Å². The first-order valence-electron chi connectivity index (χ1n) is 12.2. The van der Waals surface area contributed by atoms with Crippen LogP contribution in [-0.4, -0.2) is 59.6 Å². The van der Waals surface area contributed by atoms with Gasteiger partial charge in [-0.05, 0) is 56.0 Å². The number of hydrogen-bond donors (Lipinski definition) is 0. The molecular weight excluding hydrogens is 426 g/mol. The fraction of sp³-hybridized carbons (Fsp3) is 0.444. The van der Waals surface area contributed by atoms with Gasteiger partial charge in [-0.2, -0.15) is 0 Å². The van der Waals surface area contributed by atoms with E-state index in [9.17, 15) is 9.59 Å². The molecule has 0 atom stereocenters. The lowest BCUT2D eigenvalue weighted by atomic mass is 9.95. The summed E-state index contributed by atoms with van der Waals surface area (Å²) in [6, 6.07) is 14.3. The van der Waals surface area contributed by atoms with Crippen LogP contribution < -0.4 is 15.4 Å². The lowest BCUT2D eigenvalue weighted by Gasteiger charge is -2.40. The predicted octanol–water partition coefficient (Wildman–Crippen LogP) is 3.12. The molecule has 2 aromatic carbocycles. The Labute approximate surface area is 200 Å². The maximum absolute atomic E-state index is 13.3. The summed E-state index contributed by atoms with van der Waals surface area (Å²) < 4.78 is 1.67. The molecule has 3 aromatic rings. The van der Waals surface area contributed by atoms with E-state index < -0.39 is 0 Å². The Morgan fingerprint density at radius 2 is 1.62 bits per heavy atom. The van der Waals surface area contributed by atoms with Gasteiger partial charge in [0.15, 0.2) is 5.82 Å². The molecule has 0 radical (unpaired) electrons. The van der Waals surface area contributed by atoms with Crippen LogP contribution in [0.3, 0.4) is 0 Å². The van der Waals surface area contributed by atoms with Crippen LogP contribution >= 0.6 is 0 Å². The van der Waals surface area contributed by atoms with Gasteiger partial charge < -0.3 is 19.3 Å². The summed E-state index contributed by atoms with van der Waals surface area (Å²) in [6.07, 6.45) is 1.52. The first-order chi connectivity index (χ1) is 16.4. The highest BCUT2D eigenvalue weighted by atomic mass is 16.2. The van der Waals surface area contributed by atoms with Crippen molar-refractivity contribution >= 4 is 28.4 Å². The van der Waals surface area contributed by atoms with Crippen LogP contribution in [0.4, 0.5) is 11.5 Å². The third-order valence-corrected chi connectivity index (χ3v) is 7.41. The molecule has 0 bridgehead atoms. The molecule has 5 rings (SSSR count). The normalized spacial score (nSPS) is 17.4. The molecular formula is C27H33N5O2. The maximum atomic E-state index is 13.3. The van der Waals surface area contributed by atoms with Crippen LogP contribution in [0, 0.1) is 19.8 Å². The van der Waals surface area contributed by atoms with Gasteiger partial charge in [0.2, 0.25) is 5.91 Å². The summed E-state index contributed by atoms with van der Waals surface area (Å²) in [5.41, 5.74) is 5.41. The molecule has 178 valence electrons. The number of piperazine rings is 1. The molecule has 7 nitrogen and oxygen atoms in total. The van der Waals surface area contributed by atoms with Gasteiger partial charge in [-0.15, -0.1) is 0 Å². The van der Waals surface area contributed by atoms with E-state index in [1.165, 1.54) is 16.8 Å². The van der Waals surface area contributed by atoms with Crippen LogP contribution in [0.2, 0.25) is 0 Å². The van der Waals surface area contributed by atoms with Gasteiger partial charge in [-0.1, -0.05) is 24.3 Å². The summed E-state index contributed by atoms with van der Waals surface area (Å²) >= 11 is 0. The van der Waals surface area contributed by atoms with E-state index >= 15 is 0 Å². The lowest BCUT2D eigenvalue weighted by molar-refractivity contribution is -0.136. The number of amides is 1. The number of carbonyl (C=O) groups excluding carboxylic acids is 1. The molecule has 0 aliphatic carbocycles. The van der Waals surface area contributed by atoms with Gasteiger partial charge in [0.05, 0.1) is 11.0 Å². The average molecular weight is 460 g/mol. The highest BCUT2D eigenvalue weighted by Gasteiger charge is 2.32. The number of fused-ring (bicyclic) bond motifs is 1. The van der Waals surface area contributed by atoms with Crippen molar-refractivity contribution in [2.75, 3.05) is 49.1 Å². The largest absolute Gasteiger partial charge is 0.368 e. The SMILES string of the molecule is Cc1ccc(C)c(N2CCN(C(=O)C3CCN(c4nc5ccccc5n(C)c4=O)CC3)CC2)c1. The van der Waals surface area contributed by atoms with Crippen molar-refractivity contribution in [2.24, 2.45) is 13.0 Å². The molecule has 0 saturated carbocycles. The number of hydrogen-bond acceptors (Lipinski definition) is 5. The maximum Gasteiger partial charge on any atom is 0.293 e. The van der Waals surface area contributed by atoms with Gasteiger partial charge >= 0.3 is 0 Å².